The van der Waals surface area contributed by atoms with Gasteiger partial charge in [-0.15, -0.1) is 0 Å². The number of ether oxygens (including phenoxy) is 2. The molecule has 3 aromatic rings. The highest BCUT2D eigenvalue weighted by Gasteiger charge is 2.34. The number of halogens is 1. The number of anilines is 2. The van der Waals surface area contributed by atoms with E-state index in [9.17, 15) is 14.4 Å². The van der Waals surface area contributed by atoms with Gasteiger partial charge in [0.15, 0.2) is 23.2 Å². The first-order valence-electron chi connectivity index (χ1n) is 11.7. The molecule has 0 aromatic heterocycles. The molecule has 0 atom stereocenters. The number of hydrogen-bond donors (Lipinski definition) is 2. The van der Waals surface area contributed by atoms with Crippen LogP contribution in [-0.2, 0) is 14.4 Å². The monoisotopic (exact) mass is 593 g/mol. The summed E-state index contributed by atoms with van der Waals surface area (Å²) in [4.78, 5) is 39.7. The minimum atomic E-state index is -0.602. The van der Waals surface area contributed by atoms with Crippen molar-refractivity contribution < 1.29 is 23.9 Å². The van der Waals surface area contributed by atoms with Crippen LogP contribution in [0.5, 0.6) is 11.5 Å². The number of rotatable bonds is 8. The number of benzene rings is 3. The quantitative estimate of drug-likeness (QED) is 0.217. The van der Waals surface area contributed by atoms with E-state index in [1.807, 2.05) is 44.2 Å². The van der Waals surface area contributed by atoms with Crippen LogP contribution in [0.15, 0.2) is 76.8 Å². The predicted octanol–water partition coefficient (Wildman–Crippen LogP) is 5.01. The Bertz CT molecular complexity index is 1440. The molecular weight excluding hydrogens is 570 g/mol. The van der Waals surface area contributed by atoms with Gasteiger partial charge in [-0.2, -0.15) is 0 Å². The second-order valence-corrected chi connectivity index (χ2v) is 9.45. The minimum Gasteiger partial charge on any atom is -0.490 e. The SMILES string of the molecule is CCOc1cc(/C=C2/C(=O)NC(=S)N(c3ccccc3)C2=O)cc(Br)c1OCC(=O)Nc1ccccc1C. The maximum absolute atomic E-state index is 13.3. The molecule has 10 heteroatoms. The number of para-hydroxylation sites is 2. The van der Waals surface area contributed by atoms with Gasteiger partial charge in [-0.3, -0.25) is 24.6 Å². The summed E-state index contributed by atoms with van der Waals surface area (Å²) in [6.45, 7) is 3.79. The van der Waals surface area contributed by atoms with Crippen LogP contribution in [0.1, 0.15) is 18.1 Å². The Kier molecular flexibility index (Phi) is 8.55. The number of hydrogen-bond acceptors (Lipinski definition) is 6. The average Bonchev–Trinajstić information content (AvgIpc) is 2.88. The van der Waals surface area contributed by atoms with Crippen LogP contribution in [-0.4, -0.2) is 36.0 Å². The Morgan fingerprint density at radius 3 is 2.50 bits per heavy atom. The molecule has 0 saturated carbocycles. The summed E-state index contributed by atoms with van der Waals surface area (Å²) in [5, 5.41) is 5.40. The minimum absolute atomic E-state index is 0.00672. The van der Waals surface area contributed by atoms with Gasteiger partial charge in [-0.1, -0.05) is 36.4 Å². The van der Waals surface area contributed by atoms with Gasteiger partial charge < -0.3 is 14.8 Å². The number of carbonyl (C=O) groups is 3. The van der Waals surface area contributed by atoms with Crippen LogP contribution in [0.2, 0.25) is 0 Å². The molecule has 0 aliphatic carbocycles. The molecule has 0 spiro atoms. The smallest absolute Gasteiger partial charge is 0.270 e. The summed E-state index contributed by atoms with van der Waals surface area (Å²) in [6.07, 6.45) is 1.46. The number of aryl methyl sites for hydroxylation is 1. The average molecular weight is 594 g/mol. The molecule has 1 heterocycles. The normalized spacial score (nSPS) is 14.3. The van der Waals surface area contributed by atoms with Gasteiger partial charge in [0, 0.05) is 5.69 Å². The van der Waals surface area contributed by atoms with Gasteiger partial charge in [0.05, 0.1) is 16.8 Å². The molecule has 3 amide bonds. The van der Waals surface area contributed by atoms with E-state index >= 15 is 0 Å². The van der Waals surface area contributed by atoms with Crippen molar-refractivity contribution >= 4 is 68.4 Å². The summed E-state index contributed by atoms with van der Waals surface area (Å²) in [7, 11) is 0. The van der Waals surface area contributed by atoms with Crippen molar-refractivity contribution in [2.24, 2.45) is 0 Å². The van der Waals surface area contributed by atoms with E-state index in [0.29, 0.717) is 39.5 Å². The van der Waals surface area contributed by atoms with E-state index in [0.717, 1.165) is 5.56 Å². The van der Waals surface area contributed by atoms with E-state index < -0.39 is 11.8 Å². The molecule has 0 radical (unpaired) electrons. The Hall–Kier alpha value is -4.02. The summed E-state index contributed by atoms with van der Waals surface area (Å²) >= 11 is 8.71. The second kappa shape index (κ2) is 12.0. The molecule has 1 saturated heterocycles. The zero-order chi connectivity index (χ0) is 27.2. The van der Waals surface area contributed by atoms with Crippen molar-refractivity contribution in [3.05, 3.63) is 87.9 Å². The maximum atomic E-state index is 13.3. The number of nitrogens with zero attached hydrogens (tertiary/aromatic N) is 1. The summed E-state index contributed by atoms with van der Waals surface area (Å²) in [6, 6.07) is 19.6. The fourth-order valence-electron chi connectivity index (χ4n) is 3.75. The first-order chi connectivity index (χ1) is 18.3. The Balaban J connectivity index is 1.58. The first-order valence-corrected chi connectivity index (χ1v) is 12.9. The van der Waals surface area contributed by atoms with Crippen LogP contribution < -0.4 is 25.0 Å². The van der Waals surface area contributed by atoms with E-state index in [4.69, 9.17) is 21.7 Å². The van der Waals surface area contributed by atoms with E-state index in [2.05, 4.69) is 26.6 Å². The number of nitrogens with one attached hydrogen (secondary N) is 2. The van der Waals surface area contributed by atoms with Crippen molar-refractivity contribution in [1.29, 1.82) is 0 Å². The van der Waals surface area contributed by atoms with Crippen molar-refractivity contribution in [1.82, 2.24) is 5.32 Å². The van der Waals surface area contributed by atoms with E-state index in [-0.39, 0.29) is 23.2 Å². The summed E-state index contributed by atoms with van der Waals surface area (Å²) in [5.41, 5.74) is 2.59. The molecule has 0 unspecified atom stereocenters. The molecular formula is C28H24BrN3O5S. The molecule has 194 valence electrons. The van der Waals surface area contributed by atoms with Gasteiger partial charge in [0.1, 0.15) is 5.57 Å². The zero-order valence-electron chi connectivity index (χ0n) is 20.6. The molecule has 1 aliphatic rings. The molecule has 38 heavy (non-hydrogen) atoms. The van der Waals surface area contributed by atoms with Crippen LogP contribution in [0.4, 0.5) is 11.4 Å². The standard InChI is InChI=1S/C28H24BrN3O5S/c1-3-36-23-15-18(13-20-26(34)31-28(38)32(27(20)35)19-10-5-4-6-11-19)14-21(29)25(23)37-16-24(33)30-22-12-8-7-9-17(22)2/h4-15H,3,16H2,1-2H3,(H,30,33)(H,31,34,38)/b20-13-. The Labute approximate surface area is 233 Å². The third-order valence-corrected chi connectivity index (χ3v) is 6.40. The highest BCUT2D eigenvalue weighted by atomic mass is 79.9. The molecule has 3 aromatic carbocycles. The predicted molar refractivity (Wildman–Crippen MR) is 153 cm³/mol. The number of amides is 3. The molecule has 1 aliphatic heterocycles. The van der Waals surface area contributed by atoms with Crippen molar-refractivity contribution in [3.63, 3.8) is 0 Å². The van der Waals surface area contributed by atoms with Crippen LogP contribution in [0, 0.1) is 6.92 Å². The molecule has 8 nitrogen and oxygen atoms in total. The topological polar surface area (TPSA) is 97.0 Å². The van der Waals surface area contributed by atoms with Gasteiger partial charge in [0.25, 0.3) is 17.7 Å². The lowest BCUT2D eigenvalue weighted by Crippen LogP contribution is -2.54. The first kappa shape index (κ1) is 27.0. The number of thiocarbonyl (C=S) groups is 1. The van der Waals surface area contributed by atoms with Crippen LogP contribution in [0.3, 0.4) is 0 Å². The second-order valence-electron chi connectivity index (χ2n) is 8.21. The molecule has 4 rings (SSSR count). The maximum Gasteiger partial charge on any atom is 0.270 e. The summed E-state index contributed by atoms with van der Waals surface area (Å²) < 4.78 is 12.0. The van der Waals surface area contributed by atoms with Crippen molar-refractivity contribution in [2.45, 2.75) is 13.8 Å². The Morgan fingerprint density at radius 1 is 1.08 bits per heavy atom. The van der Waals surface area contributed by atoms with Gasteiger partial charge >= 0.3 is 0 Å². The molecule has 0 bridgehead atoms. The fraction of sp³-hybridized carbons (Fsp3) is 0.143. The Morgan fingerprint density at radius 2 is 1.79 bits per heavy atom. The lowest BCUT2D eigenvalue weighted by Gasteiger charge is -2.28. The van der Waals surface area contributed by atoms with Crippen molar-refractivity contribution in [3.8, 4) is 11.5 Å². The lowest BCUT2D eigenvalue weighted by molar-refractivity contribution is -0.122. The lowest BCUT2D eigenvalue weighted by atomic mass is 10.1. The largest absolute Gasteiger partial charge is 0.490 e. The highest BCUT2D eigenvalue weighted by Crippen LogP contribution is 2.38. The van der Waals surface area contributed by atoms with E-state index in [1.165, 1.54) is 11.0 Å². The zero-order valence-corrected chi connectivity index (χ0v) is 23.0. The van der Waals surface area contributed by atoms with Gasteiger partial charge in [-0.25, -0.2) is 0 Å². The van der Waals surface area contributed by atoms with E-state index in [1.54, 1.807) is 36.4 Å². The summed E-state index contributed by atoms with van der Waals surface area (Å²) in [5.74, 6) is -0.819. The van der Waals surface area contributed by atoms with Gasteiger partial charge in [-0.05, 0) is 89.5 Å². The third kappa shape index (κ3) is 6.09. The van der Waals surface area contributed by atoms with Crippen LogP contribution >= 0.6 is 28.1 Å². The fourth-order valence-corrected chi connectivity index (χ4v) is 4.60. The van der Waals surface area contributed by atoms with Crippen molar-refractivity contribution in [2.75, 3.05) is 23.4 Å². The molecule has 1 fully saturated rings. The number of carbonyl (C=O) groups excluding carboxylic acids is 3. The third-order valence-electron chi connectivity index (χ3n) is 5.53. The molecule has 2 N–H and O–H groups in total. The van der Waals surface area contributed by atoms with Crippen LogP contribution in [0.25, 0.3) is 6.08 Å². The van der Waals surface area contributed by atoms with Gasteiger partial charge in [0.2, 0.25) is 0 Å². The highest BCUT2D eigenvalue weighted by molar-refractivity contribution is 9.10.